The Bertz CT molecular complexity index is 589. The van der Waals surface area contributed by atoms with Crippen LogP contribution >= 0.6 is 11.6 Å². The molecule has 0 aliphatic carbocycles. The van der Waals surface area contributed by atoms with E-state index in [4.69, 9.17) is 16.7 Å². The van der Waals surface area contributed by atoms with Gasteiger partial charge in [0.25, 0.3) is 0 Å². The van der Waals surface area contributed by atoms with E-state index in [2.05, 4.69) is 9.97 Å². The van der Waals surface area contributed by atoms with Gasteiger partial charge in [0, 0.05) is 11.8 Å². The van der Waals surface area contributed by atoms with E-state index in [0.717, 1.165) is 6.07 Å². The summed E-state index contributed by atoms with van der Waals surface area (Å²) in [5.74, 6) is -1.49. The number of rotatable bonds is 2. The summed E-state index contributed by atoms with van der Waals surface area (Å²) in [6.45, 7) is 0. The fourth-order valence-electron chi connectivity index (χ4n) is 1.28. The van der Waals surface area contributed by atoms with Gasteiger partial charge in [-0.2, -0.15) is 0 Å². The second-order valence-electron chi connectivity index (χ2n) is 3.19. The third-order valence-electron chi connectivity index (χ3n) is 2.05. The average Bonchev–Trinajstić information content (AvgIpc) is 2.29. The SMILES string of the molecule is O=C(O)c1ccnc(-c2ccc(F)cc2Cl)n1. The Kier molecular flexibility index (Phi) is 3.01. The fourth-order valence-corrected chi connectivity index (χ4v) is 1.53. The standard InChI is InChI=1S/C11H6ClFN2O2/c12-8-5-6(13)1-2-7(8)10-14-4-3-9(15-10)11(16)17/h1-5H,(H,16,17). The lowest BCUT2D eigenvalue weighted by Gasteiger charge is -2.03. The minimum atomic E-state index is -1.16. The van der Waals surface area contributed by atoms with E-state index in [9.17, 15) is 9.18 Å². The zero-order valence-electron chi connectivity index (χ0n) is 8.39. The molecule has 17 heavy (non-hydrogen) atoms. The molecule has 0 saturated carbocycles. The molecule has 0 unspecified atom stereocenters. The van der Waals surface area contributed by atoms with Crippen molar-refractivity contribution in [2.75, 3.05) is 0 Å². The molecule has 1 aromatic carbocycles. The molecule has 0 radical (unpaired) electrons. The highest BCUT2D eigenvalue weighted by molar-refractivity contribution is 6.33. The van der Waals surface area contributed by atoms with Crippen LogP contribution in [-0.2, 0) is 0 Å². The number of carboxylic acids is 1. The molecule has 4 nitrogen and oxygen atoms in total. The third-order valence-corrected chi connectivity index (χ3v) is 2.36. The summed E-state index contributed by atoms with van der Waals surface area (Å²) in [5.41, 5.74) is 0.242. The molecule has 0 atom stereocenters. The summed E-state index contributed by atoms with van der Waals surface area (Å²) in [5, 5.41) is 8.92. The van der Waals surface area contributed by atoms with Crippen molar-refractivity contribution in [3.05, 3.63) is 47.0 Å². The van der Waals surface area contributed by atoms with Crippen LogP contribution in [0.5, 0.6) is 0 Å². The molecule has 0 amide bonds. The molecule has 2 aromatic rings. The quantitative estimate of drug-likeness (QED) is 0.892. The number of carbonyl (C=O) groups is 1. The number of benzene rings is 1. The van der Waals surface area contributed by atoms with Gasteiger partial charge in [0.1, 0.15) is 5.82 Å². The number of aromatic nitrogens is 2. The number of halogens is 2. The summed E-state index contributed by atoms with van der Waals surface area (Å²) in [6.07, 6.45) is 1.31. The van der Waals surface area contributed by atoms with Crippen LogP contribution in [-0.4, -0.2) is 21.0 Å². The van der Waals surface area contributed by atoms with Crippen LogP contribution in [0.4, 0.5) is 4.39 Å². The first-order valence-electron chi connectivity index (χ1n) is 4.59. The first kappa shape index (κ1) is 11.5. The van der Waals surface area contributed by atoms with Crippen LogP contribution in [0.15, 0.2) is 30.5 Å². The van der Waals surface area contributed by atoms with Crippen molar-refractivity contribution < 1.29 is 14.3 Å². The first-order chi connectivity index (χ1) is 8.08. The molecular weight excluding hydrogens is 247 g/mol. The summed E-state index contributed by atoms with van der Waals surface area (Å²) < 4.78 is 12.9. The zero-order chi connectivity index (χ0) is 12.4. The third kappa shape index (κ3) is 2.39. The van der Waals surface area contributed by atoms with Gasteiger partial charge in [-0.3, -0.25) is 0 Å². The van der Waals surface area contributed by atoms with E-state index < -0.39 is 11.8 Å². The minimum absolute atomic E-state index is 0.132. The number of hydrogen-bond acceptors (Lipinski definition) is 3. The molecule has 0 fully saturated rings. The van der Waals surface area contributed by atoms with E-state index in [1.807, 2.05) is 0 Å². The van der Waals surface area contributed by atoms with Crippen LogP contribution < -0.4 is 0 Å². The molecule has 2 rings (SSSR count). The minimum Gasteiger partial charge on any atom is -0.477 e. The molecule has 0 aliphatic heterocycles. The average molecular weight is 253 g/mol. The second kappa shape index (κ2) is 4.47. The lowest BCUT2D eigenvalue weighted by Crippen LogP contribution is -2.02. The number of nitrogens with zero attached hydrogens (tertiary/aromatic N) is 2. The molecule has 1 N–H and O–H groups in total. The van der Waals surface area contributed by atoms with Crippen LogP contribution in [0, 0.1) is 5.82 Å². The number of carboxylic acid groups (broad SMARTS) is 1. The van der Waals surface area contributed by atoms with Crippen molar-refractivity contribution in [1.29, 1.82) is 0 Å². The van der Waals surface area contributed by atoms with Crippen molar-refractivity contribution in [2.45, 2.75) is 0 Å². The predicted octanol–water partition coefficient (Wildman–Crippen LogP) is 2.63. The maximum atomic E-state index is 12.9. The molecule has 0 spiro atoms. The molecule has 6 heteroatoms. The van der Waals surface area contributed by atoms with Gasteiger partial charge in [-0.1, -0.05) is 11.6 Å². The van der Waals surface area contributed by atoms with Crippen LogP contribution in [0.3, 0.4) is 0 Å². The molecule has 86 valence electrons. The Hall–Kier alpha value is -2.01. The Morgan fingerprint density at radius 1 is 1.35 bits per heavy atom. The first-order valence-corrected chi connectivity index (χ1v) is 4.97. The van der Waals surface area contributed by atoms with E-state index in [1.54, 1.807) is 0 Å². The van der Waals surface area contributed by atoms with Crippen molar-refractivity contribution in [2.24, 2.45) is 0 Å². The predicted molar refractivity (Wildman–Crippen MR) is 59.4 cm³/mol. The second-order valence-corrected chi connectivity index (χ2v) is 3.60. The van der Waals surface area contributed by atoms with Crippen molar-refractivity contribution in [1.82, 2.24) is 9.97 Å². The zero-order valence-corrected chi connectivity index (χ0v) is 9.15. The Balaban J connectivity index is 2.53. The Labute approximate surface area is 101 Å². The molecule has 1 aromatic heterocycles. The molecular formula is C11H6ClFN2O2. The lowest BCUT2D eigenvalue weighted by molar-refractivity contribution is 0.0690. The van der Waals surface area contributed by atoms with Gasteiger partial charge in [0.15, 0.2) is 11.5 Å². The highest BCUT2D eigenvalue weighted by atomic mass is 35.5. The molecule has 0 bridgehead atoms. The smallest absolute Gasteiger partial charge is 0.354 e. The van der Waals surface area contributed by atoms with Gasteiger partial charge < -0.3 is 5.11 Å². The lowest BCUT2D eigenvalue weighted by atomic mass is 10.2. The largest absolute Gasteiger partial charge is 0.477 e. The summed E-state index contributed by atoms with van der Waals surface area (Å²) in [4.78, 5) is 18.5. The normalized spacial score (nSPS) is 10.2. The highest BCUT2D eigenvalue weighted by Crippen LogP contribution is 2.25. The monoisotopic (exact) mass is 252 g/mol. The van der Waals surface area contributed by atoms with Crippen molar-refractivity contribution >= 4 is 17.6 Å². The number of aromatic carboxylic acids is 1. The van der Waals surface area contributed by atoms with E-state index in [0.29, 0.717) is 5.56 Å². The van der Waals surface area contributed by atoms with Gasteiger partial charge in [0.05, 0.1) is 5.02 Å². The summed E-state index contributed by atoms with van der Waals surface area (Å²) in [6, 6.07) is 4.99. The number of hydrogen-bond donors (Lipinski definition) is 1. The molecule has 0 aliphatic rings. The van der Waals surface area contributed by atoms with Crippen LogP contribution in [0.1, 0.15) is 10.5 Å². The van der Waals surface area contributed by atoms with Crippen LogP contribution in [0.2, 0.25) is 5.02 Å². The summed E-state index contributed by atoms with van der Waals surface area (Å²) >= 11 is 5.83. The van der Waals surface area contributed by atoms with Gasteiger partial charge >= 0.3 is 5.97 Å². The van der Waals surface area contributed by atoms with E-state index >= 15 is 0 Å². The Morgan fingerprint density at radius 3 is 2.76 bits per heavy atom. The maximum absolute atomic E-state index is 12.9. The van der Waals surface area contributed by atoms with Gasteiger partial charge in [-0.25, -0.2) is 19.2 Å². The highest BCUT2D eigenvalue weighted by Gasteiger charge is 2.11. The fraction of sp³-hybridized carbons (Fsp3) is 0. The van der Waals surface area contributed by atoms with E-state index in [-0.39, 0.29) is 16.5 Å². The maximum Gasteiger partial charge on any atom is 0.354 e. The summed E-state index contributed by atoms with van der Waals surface area (Å²) in [7, 11) is 0. The molecule has 0 saturated heterocycles. The van der Waals surface area contributed by atoms with Gasteiger partial charge in [0.2, 0.25) is 0 Å². The van der Waals surface area contributed by atoms with Gasteiger partial charge in [-0.15, -0.1) is 0 Å². The van der Waals surface area contributed by atoms with Crippen molar-refractivity contribution in [3.8, 4) is 11.4 Å². The van der Waals surface area contributed by atoms with E-state index in [1.165, 1.54) is 24.4 Å². The Morgan fingerprint density at radius 2 is 2.12 bits per heavy atom. The topological polar surface area (TPSA) is 63.1 Å². The van der Waals surface area contributed by atoms with Gasteiger partial charge in [-0.05, 0) is 24.3 Å². The van der Waals surface area contributed by atoms with Crippen LogP contribution in [0.25, 0.3) is 11.4 Å². The van der Waals surface area contributed by atoms with Crippen molar-refractivity contribution in [3.63, 3.8) is 0 Å². The molecule has 1 heterocycles.